The zero-order valence-electron chi connectivity index (χ0n) is 15.9. The lowest BCUT2D eigenvalue weighted by Crippen LogP contribution is -2.53. The van der Waals surface area contributed by atoms with Crippen molar-refractivity contribution in [2.75, 3.05) is 32.7 Å². The molecule has 2 amide bonds. The van der Waals surface area contributed by atoms with Crippen LogP contribution in [0, 0.1) is 0 Å². The molecule has 1 heterocycles. The van der Waals surface area contributed by atoms with Crippen LogP contribution in [0.4, 0.5) is 4.79 Å². The third-order valence-electron chi connectivity index (χ3n) is 4.80. The Hall–Kier alpha value is -1.80. The van der Waals surface area contributed by atoms with Crippen LogP contribution >= 0.6 is 23.2 Å². The molecule has 9 heteroatoms. The highest BCUT2D eigenvalue weighted by Crippen LogP contribution is 2.28. The number of sulfonamides is 1. The van der Waals surface area contributed by atoms with Crippen LogP contribution in [-0.2, 0) is 16.4 Å². The Morgan fingerprint density at radius 2 is 1.69 bits per heavy atom. The van der Waals surface area contributed by atoms with Gasteiger partial charge < -0.3 is 10.2 Å². The highest BCUT2D eigenvalue weighted by molar-refractivity contribution is 7.89. The second-order valence-electron chi connectivity index (χ2n) is 6.79. The maximum Gasteiger partial charge on any atom is 0.317 e. The Bertz CT molecular complexity index is 947. The average Bonchev–Trinajstić information content (AvgIpc) is 2.73. The van der Waals surface area contributed by atoms with Crippen LogP contribution in [0.5, 0.6) is 0 Å². The summed E-state index contributed by atoms with van der Waals surface area (Å²) in [6.07, 6.45) is 1.74. The second kappa shape index (κ2) is 9.80. The van der Waals surface area contributed by atoms with Crippen molar-refractivity contribution in [1.29, 1.82) is 0 Å². The normalized spacial score (nSPS) is 15.3. The number of carbonyl (C=O) groups is 1. The fourth-order valence-electron chi connectivity index (χ4n) is 3.19. The number of carbonyl (C=O) groups excluding carboxylic acids is 1. The number of hydrogen-bond donors (Lipinski definition) is 1. The molecule has 0 unspecified atom stereocenters. The maximum atomic E-state index is 12.8. The summed E-state index contributed by atoms with van der Waals surface area (Å²) in [6.45, 7) is 1.64. The first-order valence-electron chi connectivity index (χ1n) is 9.40. The van der Waals surface area contributed by atoms with E-state index in [9.17, 15) is 13.2 Å². The fourth-order valence-corrected chi connectivity index (χ4v) is 5.35. The van der Waals surface area contributed by atoms with Gasteiger partial charge in [-0.1, -0.05) is 53.5 Å². The zero-order chi connectivity index (χ0) is 20.9. The Kier molecular flexibility index (Phi) is 7.40. The lowest BCUT2D eigenvalue weighted by Gasteiger charge is -2.34. The molecule has 1 saturated heterocycles. The van der Waals surface area contributed by atoms with Gasteiger partial charge >= 0.3 is 6.03 Å². The number of urea groups is 1. The first-order chi connectivity index (χ1) is 13.9. The molecule has 1 aliphatic heterocycles. The molecule has 0 atom stereocenters. The topological polar surface area (TPSA) is 69.7 Å². The van der Waals surface area contributed by atoms with E-state index in [1.54, 1.807) is 11.0 Å². The lowest BCUT2D eigenvalue weighted by molar-refractivity contribution is 0.172. The van der Waals surface area contributed by atoms with E-state index >= 15 is 0 Å². The van der Waals surface area contributed by atoms with Crippen LogP contribution in [0.25, 0.3) is 0 Å². The maximum absolute atomic E-state index is 12.8. The summed E-state index contributed by atoms with van der Waals surface area (Å²) in [4.78, 5) is 14.0. The average molecular weight is 456 g/mol. The molecule has 6 nitrogen and oxygen atoms in total. The predicted octanol–water partition coefficient (Wildman–Crippen LogP) is 3.64. The number of halogens is 2. The zero-order valence-corrected chi connectivity index (χ0v) is 18.2. The number of benzene rings is 2. The third-order valence-corrected chi connectivity index (χ3v) is 7.41. The monoisotopic (exact) mass is 455 g/mol. The van der Waals surface area contributed by atoms with Crippen molar-refractivity contribution in [2.24, 2.45) is 0 Å². The second-order valence-corrected chi connectivity index (χ2v) is 9.54. The molecule has 3 rings (SSSR count). The number of aryl methyl sites for hydroxylation is 1. The van der Waals surface area contributed by atoms with Crippen molar-refractivity contribution in [2.45, 2.75) is 17.7 Å². The molecular formula is C20H23Cl2N3O3S. The number of hydrogen-bond acceptors (Lipinski definition) is 3. The molecule has 2 aromatic carbocycles. The number of rotatable bonds is 6. The number of amides is 2. The first-order valence-corrected chi connectivity index (χ1v) is 11.6. The van der Waals surface area contributed by atoms with Crippen LogP contribution in [0.2, 0.25) is 10.0 Å². The van der Waals surface area contributed by atoms with E-state index in [1.165, 1.54) is 22.0 Å². The fraction of sp³-hybridized carbons (Fsp3) is 0.350. The Morgan fingerprint density at radius 1 is 1.00 bits per heavy atom. The largest absolute Gasteiger partial charge is 0.338 e. The molecule has 0 aromatic heterocycles. The molecule has 2 aromatic rings. The molecular weight excluding hydrogens is 433 g/mol. The molecule has 0 saturated carbocycles. The van der Waals surface area contributed by atoms with Gasteiger partial charge in [0.25, 0.3) is 0 Å². The summed E-state index contributed by atoms with van der Waals surface area (Å²) in [6, 6.07) is 14.3. The first kappa shape index (κ1) is 21.9. The highest BCUT2D eigenvalue weighted by atomic mass is 35.5. The van der Waals surface area contributed by atoms with E-state index < -0.39 is 10.0 Å². The molecule has 0 spiro atoms. The summed E-state index contributed by atoms with van der Waals surface area (Å²) >= 11 is 12.0. The van der Waals surface area contributed by atoms with Crippen LogP contribution in [-0.4, -0.2) is 56.4 Å². The molecule has 29 heavy (non-hydrogen) atoms. The molecule has 156 valence electrons. The van der Waals surface area contributed by atoms with Crippen molar-refractivity contribution < 1.29 is 13.2 Å². The van der Waals surface area contributed by atoms with Gasteiger partial charge in [0.15, 0.2) is 0 Å². The van der Waals surface area contributed by atoms with Crippen LogP contribution in [0.3, 0.4) is 0 Å². The van der Waals surface area contributed by atoms with Gasteiger partial charge in [-0.25, -0.2) is 13.2 Å². The SMILES string of the molecule is O=C(NCCCc1ccccc1)N1CCN(S(=O)(=O)c2cc(Cl)ccc2Cl)CC1. The Labute approximate surface area is 181 Å². The minimum absolute atomic E-state index is 0.00881. The molecule has 1 aliphatic rings. The molecule has 0 aliphatic carbocycles. The van der Waals surface area contributed by atoms with Crippen molar-refractivity contribution >= 4 is 39.3 Å². The summed E-state index contributed by atoms with van der Waals surface area (Å²) in [7, 11) is -3.76. The summed E-state index contributed by atoms with van der Waals surface area (Å²) < 4.78 is 27.0. The van der Waals surface area contributed by atoms with Crippen molar-refractivity contribution in [3.8, 4) is 0 Å². The molecule has 1 fully saturated rings. The van der Waals surface area contributed by atoms with Gasteiger partial charge in [-0.2, -0.15) is 4.31 Å². The highest BCUT2D eigenvalue weighted by Gasteiger charge is 2.31. The van der Waals surface area contributed by atoms with Gasteiger partial charge in [-0.3, -0.25) is 0 Å². The van der Waals surface area contributed by atoms with E-state index in [0.29, 0.717) is 24.7 Å². The molecule has 1 N–H and O–H groups in total. The van der Waals surface area contributed by atoms with Gasteiger partial charge in [0.1, 0.15) is 4.90 Å². The quantitative estimate of drug-likeness (QED) is 0.675. The smallest absolute Gasteiger partial charge is 0.317 e. The van der Waals surface area contributed by atoms with Gasteiger partial charge in [-0.15, -0.1) is 0 Å². The van der Waals surface area contributed by atoms with Crippen LogP contribution in [0.1, 0.15) is 12.0 Å². The third kappa shape index (κ3) is 5.63. The van der Waals surface area contributed by atoms with Gasteiger partial charge in [-0.05, 0) is 36.6 Å². The molecule has 0 bridgehead atoms. The Morgan fingerprint density at radius 3 is 2.38 bits per heavy atom. The summed E-state index contributed by atoms with van der Waals surface area (Å²) in [5, 5.41) is 3.34. The van der Waals surface area contributed by atoms with Gasteiger partial charge in [0.2, 0.25) is 10.0 Å². The van der Waals surface area contributed by atoms with E-state index in [1.807, 2.05) is 18.2 Å². The number of nitrogens with zero attached hydrogens (tertiary/aromatic N) is 2. The summed E-state index contributed by atoms with van der Waals surface area (Å²) in [5.41, 5.74) is 1.24. The van der Waals surface area contributed by atoms with Crippen LogP contribution in [0.15, 0.2) is 53.4 Å². The Balaban J connectivity index is 1.48. The molecule has 0 radical (unpaired) electrons. The minimum Gasteiger partial charge on any atom is -0.338 e. The van der Waals surface area contributed by atoms with E-state index in [2.05, 4.69) is 17.4 Å². The predicted molar refractivity (Wildman–Crippen MR) is 115 cm³/mol. The van der Waals surface area contributed by atoms with Gasteiger partial charge in [0, 0.05) is 37.7 Å². The van der Waals surface area contributed by atoms with Crippen molar-refractivity contribution in [1.82, 2.24) is 14.5 Å². The van der Waals surface area contributed by atoms with Crippen molar-refractivity contribution in [3.63, 3.8) is 0 Å². The van der Waals surface area contributed by atoms with Crippen molar-refractivity contribution in [3.05, 3.63) is 64.1 Å². The van der Waals surface area contributed by atoms with Gasteiger partial charge in [0.05, 0.1) is 5.02 Å². The van der Waals surface area contributed by atoms with E-state index in [4.69, 9.17) is 23.2 Å². The number of nitrogens with one attached hydrogen (secondary N) is 1. The van der Waals surface area contributed by atoms with E-state index in [-0.39, 0.29) is 29.0 Å². The number of piperazine rings is 1. The standard InChI is InChI=1S/C20H23Cl2N3O3S/c21-17-8-9-18(22)19(15-17)29(27,28)25-13-11-24(12-14-25)20(26)23-10-4-7-16-5-2-1-3-6-16/h1-3,5-6,8-9,15H,4,7,10-14H2,(H,23,26). The van der Waals surface area contributed by atoms with Crippen LogP contribution < -0.4 is 5.32 Å². The lowest BCUT2D eigenvalue weighted by atomic mass is 10.1. The minimum atomic E-state index is -3.76. The summed E-state index contributed by atoms with van der Waals surface area (Å²) in [5.74, 6) is 0. The van der Waals surface area contributed by atoms with E-state index in [0.717, 1.165) is 12.8 Å².